The summed E-state index contributed by atoms with van der Waals surface area (Å²) in [6.07, 6.45) is 0. The van der Waals surface area contributed by atoms with Gasteiger partial charge in [-0.2, -0.15) is 0 Å². The standard InChI is InChI=1S/C19H15Cl.C19H13F3.C19H24IO3.C19H16.C16H12I.C14H23O.C8H11O/c20-18-13-11-17(12-14-18)19(15-7-3-1-4-8-15)16-9-5-2-6-10-16;20-16-7-1-13(2-8-16)19(14-3-9-17(21)10-4-14)15-5-11-18(22)12-6-15;1-5-22-10-11-23-17-8-6-16(7-9-17)20-19-14(2)12-18(21-4)13-15(19)3;1-4-10-16(11-5-1)19(17-12-6-2-7-13-17)18-14-8-3-9-15-18;1-2-8-15(9-3-1)17-16-11-10-13-6-4-5-7-14(13)12-16;1-10-8-11(13(2,3)4)15-12(9-10)14(5,6)7;1-6-4-7(2)9-8(3)5-6/h1-14,19H;1-12,19H;6-9,12-13H,5,10-11H2,1-4H3;1-15,19H;1-12H;8-9H,1-7H3;4-5H,1-3H3/q;;+1;;3*+1. The van der Waals surface area contributed by atoms with Crippen LogP contribution in [0.3, 0.4) is 0 Å². The largest absolute Gasteiger partial charge is 0.497 e. The lowest BCUT2D eigenvalue weighted by Crippen LogP contribution is -3.62. The normalized spacial score (nSPS) is 10.9. The minimum Gasteiger partial charge on any atom is -0.497 e. The summed E-state index contributed by atoms with van der Waals surface area (Å²) >= 11 is 5.76. The van der Waals surface area contributed by atoms with Crippen molar-refractivity contribution in [1.29, 1.82) is 0 Å². The molecule has 0 saturated carbocycles. The molecule has 0 fully saturated rings. The summed E-state index contributed by atoms with van der Waals surface area (Å²) in [4.78, 5) is 0. The smallest absolute Gasteiger partial charge is 0.358 e. The summed E-state index contributed by atoms with van der Waals surface area (Å²) in [5.74, 6) is 5.31. The predicted molar refractivity (Wildman–Crippen MR) is 504 cm³/mol. The van der Waals surface area contributed by atoms with Gasteiger partial charge in [-0.15, -0.1) is 0 Å². The maximum absolute atomic E-state index is 13.2. The fourth-order valence-corrected chi connectivity index (χ4v) is 19.0. The van der Waals surface area contributed by atoms with E-state index in [1.54, 1.807) is 43.5 Å². The van der Waals surface area contributed by atoms with Crippen LogP contribution in [0.25, 0.3) is 10.8 Å². The molecular formula is C114H114ClF3I2O5+4. The van der Waals surface area contributed by atoms with Gasteiger partial charge in [0.1, 0.15) is 35.6 Å². The molecule has 2 heterocycles. The fraction of sp³-hybridized carbons (Fsp3) is 0.193. The van der Waals surface area contributed by atoms with E-state index < -0.39 is 0 Å². The van der Waals surface area contributed by atoms with Gasteiger partial charge in [0.15, 0.2) is 14.3 Å². The van der Waals surface area contributed by atoms with Gasteiger partial charge in [-0.05, 0) is 263 Å². The number of methoxy groups -OCH3 is 1. The number of fused-ring (bicyclic) bond motifs is 1. The molecule has 0 saturated heterocycles. The van der Waals surface area contributed by atoms with Crippen LogP contribution >= 0.6 is 11.6 Å². The number of rotatable bonds is 19. The number of halogens is 6. The Morgan fingerprint density at radius 1 is 0.320 bits per heavy atom. The molecule has 16 aromatic rings. The van der Waals surface area contributed by atoms with Gasteiger partial charge in [0.2, 0.25) is 0 Å². The molecule has 638 valence electrons. The molecule has 0 atom stereocenters. The van der Waals surface area contributed by atoms with Crippen LogP contribution in [0.2, 0.25) is 5.02 Å². The van der Waals surface area contributed by atoms with E-state index in [1.165, 1.54) is 117 Å². The molecule has 0 aliphatic heterocycles. The van der Waals surface area contributed by atoms with Crippen LogP contribution in [0, 0.1) is 73.3 Å². The Labute approximate surface area is 765 Å². The average Bonchev–Trinajstić information content (AvgIpc) is 0.819. The number of hydrogen-bond acceptors (Lipinski definition) is 3. The molecule has 0 aliphatic carbocycles. The van der Waals surface area contributed by atoms with Gasteiger partial charge in [0.25, 0.3) is 0 Å². The maximum Gasteiger partial charge on any atom is 0.358 e. The molecule has 0 amide bonds. The highest BCUT2D eigenvalue weighted by molar-refractivity contribution is 6.30. The van der Waals surface area contributed by atoms with Crippen molar-refractivity contribution in [2.45, 2.75) is 119 Å². The van der Waals surface area contributed by atoms with Crippen molar-refractivity contribution in [3.05, 3.63) is 514 Å². The molecule has 11 heteroatoms. The molecular weight excluding hydrogens is 1800 g/mol. The number of hydrogen-bond donors (Lipinski definition) is 0. The van der Waals surface area contributed by atoms with Crippen LogP contribution in [0.1, 0.15) is 162 Å². The quantitative estimate of drug-likeness (QED) is 0.0349. The Morgan fingerprint density at radius 3 is 1.01 bits per heavy atom. The van der Waals surface area contributed by atoms with Crippen molar-refractivity contribution >= 4 is 22.4 Å². The van der Waals surface area contributed by atoms with Crippen molar-refractivity contribution in [3.63, 3.8) is 0 Å². The molecule has 0 bridgehead atoms. The summed E-state index contributed by atoms with van der Waals surface area (Å²) in [5.41, 5.74) is 15.7. The monoisotopic (exact) mass is 1910 g/mol. The van der Waals surface area contributed by atoms with Gasteiger partial charge < -0.3 is 14.2 Å². The molecule has 0 aliphatic rings. The van der Waals surface area contributed by atoms with E-state index in [4.69, 9.17) is 34.6 Å². The van der Waals surface area contributed by atoms with Crippen molar-refractivity contribution in [3.8, 4) is 11.5 Å². The number of aryl methyl sites for hydroxylation is 6. The summed E-state index contributed by atoms with van der Waals surface area (Å²) < 4.78 is 72.8. The third-order valence-corrected chi connectivity index (χ3v) is 26.6. The number of benzene rings is 14. The summed E-state index contributed by atoms with van der Waals surface area (Å²) in [5, 5.41) is 3.45. The summed E-state index contributed by atoms with van der Waals surface area (Å²) in [6.45, 7) is 29.4. The van der Waals surface area contributed by atoms with E-state index in [2.05, 4.69) is 342 Å². The van der Waals surface area contributed by atoms with Gasteiger partial charge in [0, 0.05) is 64.8 Å². The molecule has 0 radical (unpaired) electrons. The Bertz CT molecular complexity index is 5520. The van der Waals surface area contributed by atoms with Gasteiger partial charge >= 0.3 is 65.5 Å². The van der Waals surface area contributed by atoms with Crippen molar-refractivity contribution < 1.29 is 78.6 Å². The Hall–Kier alpha value is -11.3. The first-order valence-corrected chi connectivity index (χ1v) is 46.9. The molecule has 5 nitrogen and oxygen atoms in total. The third kappa shape index (κ3) is 31.1. The minimum atomic E-state index is -0.319. The fourth-order valence-electron chi connectivity index (χ4n) is 14.0. The average molecular weight is 1910 g/mol. The van der Waals surface area contributed by atoms with Gasteiger partial charge in [-0.1, -0.05) is 254 Å². The lowest BCUT2D eigenvalue weighted by atomic mass is 9.85. The molecule has 2 aromatic heterocycles. The van der Waals surface area contributed by atoms with Crippen molar-refractivity contribution in [1.82, 2.24) is 0 Å². The van der Waals surface area contributed by atoms with Crippen LogP contribution in [0.15, 0.2) is 391 Å². The lowest BCUT2D eigenvalue weighted by molar-refractivity contribution is -0.598. The second kappa shape index (κ2) is 48.9. The van der Waals surface area contributed by atoms with Crippen LogP contribution < -0.4 is 51.9 Å². The zero-order valence-electron chi connectivity index (χ0n) is 74.0. The van der Waals surface area contributed by atoms with E-state index in [-0.39, 0.29) is 82.5 Å². The topological polar surface area (TPSA) is 50.3 Å². The molecule has 0 unspecified atom stereocenters. The van der Waals surface area contributed by atoms with E-state index in [0.29, 0.717) is 19.1 Å². The second-order valence-electron chi connectivity index (χ2n) is 32.3. The highest BCUT2D eigenvalue weighted by Gasteiger charge is 2.33. The zero-order chi connectivity index (χ0) is 89.1. The molecule has 0 spiro atoms. The van der Waals surface area contributed by atoms with Gasteiger partial charge in [0.05, 0.1) is 38.4 Å². The van der Waals surface area contributed by atoms with Gasteiger partial charge in [-0.25, -0.2) is 22.0 Å². The van der Waals surface area contributed by atoms with E-state index in [1.807, 2.05) is 57.2 Å². The zero-order valence-corrected chi connectivity index (χ0v) is 79.1. The number of ether oxygens (including phenoxy) is 3. The second-order valence-corrected chi connectivity index (χ2v) is 38.7. The van der Waals surface area contributed by atoms with Crippen LogP contribution in [0.5, 0.6) is 11.5 Å². The first-order valence-electron chi connectivity index (χ1n) is 42.2. The highest BCUT2D eigenvalue weighted by Crippen LogP contribution is 2.36. The first kappa shape index (κ1) is 96.0. The SMILES string of the molecule is CCOCCOc1ccc([I+]c2c(C)cc(OC)cc2C)cc1.Cc1cc(C(C)(C)C)[o+]c(C(C)(C)C)c1.Cc1cc(C)[o+]c(C)c1.Clc1ccc(C(c2ccccc2)c2ccccc2)cc1.Fc1ccc(C(c2ccc(F)cc2)c2ccc(F)cc2)cc1.c1ccc(C(c2ccccc2)c2ccccc2)cc1.c1ccc([I+]c2ccc3ccccc3c2)cc1. The Balaban J connectivity index is 0.000000154. The molecule has 14 aromatic carbocycles. The molecule has 125 heavy (non-hydrogen) atoms. The van der Waals surface area contributed by atoms with Crippen LogP contribution in [-0.4, -0.2) is 26.9 Å². The molecule has 16 rings (SSSR count). The maximum atomic E-state index is 13.2. The van der Waals surface area contributed by atoms with Crippen LogP contribution in [-0.2, 0) is 15.6 Å². The van der Waals surface area contributed by atoms with E-state index in [0.717, 1.165) is 62.9 Å². The Kier molecular flexibility index (Phi) is 37.5. The van der Waals surface area contributed by atoms with Crippen LogP contribution in [0.4, 0.5) is 13.2 Å². The summed E-state index contributed by atoms with van der Waals surface area (Å²) in [6, 6.07) is 127. The lowest BCUT2D eigenvalue weighted by Gasteiger charge is -2.19. The third-order valence-electron chi connectivity index (χ3n) is 20.1. The molecule has 0 N–H and O–H groups in total. The highest BCUT2D eigenvalue weighted by atomic mass is 127. The van der Waals surface area contributed by atoms with E-state index in [9.17, 15) is 13.2 Å². The first-order chi connectivity index (χ1) is 60.3. The Morgan fingerprint density at radius 2 is 0.648 bits per heavy atom. The van der Waals surface area contributed by atoms with Crippen molar-refractivity contribution in [2.24, 2.45) is 0 Å². The van der Waals surface area contributed by atoms with E-state index >= 15 is 0 Å². The summed E-state index contributed by atoms with van der Waals surface area (Å²) in [7, 11) is 1.72. The minimum absolute atomic E-state index is 0.0462. The van der Waals surface area contributed by atoms with Crippen molar-refractivity contribution in [2.75, 3.05) is 26.9 Å². The van der Waals surface area contributed by atoms with Gasteiger partial charge in [-0.3, -0.25) is 0 Å². The predicted octanol–water partition coefficient (Wildman–Crippen LogP) is 24.4.